The summed E-state index contributed by atoms with van der Waals surface area (Å²) in [6.07, 6.45) is 1.18. The van der Waals surface area contributed by atoms with Crippen LogP contribution in [0.25, 0.3) is 0 Å². The van der Waals surface area contributed by atoms with E-state index in [1.807, 2.05) is 39.0 Å². The van der Waals surface area contributed by atoms with Crippen LogP contribution in [0.1, 0.15) is 43.0 Å². The van der Waals surface area contributed by atoms with Gasteiger partial charge in [-0.25, -0.2) is 12.8 Å². The molecule has 0 unspecified atom stereocenters. The number of anilines is 1. The van der Waals surface area contributed by atoms with Gasteiger partial charge in [-0.05, 0) is 56.0 Å². The van der Waals surface area contributed by atoms with Crippen molar-refractivity contribution in [2.75, 3.05) is 10.6 Å². The second-order valence-corrected chi connectivity index (χ2v) is 8.87. The molecule has 0 fully saturated rings. The maximum Gasteiger partial charge on any atom is 0.244 e. The van der Waals surface area contributed by atoms with Crippen LogP contribution in [0.4, 0.5) is 10.1 Å². The molecule has 1 N–H and O–H groups in total. The van der Waals surface area contributed by atoms with Crippen molar-refractivity contribution in [3.05, 3.63) is 65.0 Å². The fourth-order valence-corrected chi connectivity index (χ4v) is 4.31. The molecule has 0 saturated carbocycles. The second kappa shape index (κ2) is 8.73. The lowest BCUT2D eigenvalue weighted by atomic mass is 10.0. The number of para-hydroxylation sites is 1. The van der Waals surface area contributed by atoms with E-state index in [9.17, 15) is 17.6 Å². The van der Waals surface area contributed by atoms with Crippen molar-refractivity contribution in [1.29, 1.82) is 0 Å². The summed E-state index contributed by atoms with van der Waals surface area (Å²) in [7, 11) is -3.88. The summed E-state index contributed by atoms with van der Waals surface area (Å²) in [6.45, 7) is 7.53. The molecule has 2 aromatic rings. The molecule has 2 atom stereocenters. The van der Waals surface area contributed by atoms with Crippen molar-refractivity contribution < 1.29 is 17.6 Å². The van der Waals surface area contributed by atoms with Crippen LogP contribution in [0.15, 0.2) is 42.5 Å². The van der Waals surface area contributed by atoms with Gasteiger partial charge in [0.2, 0.25) is 15.9 Å². The highest BCUT2D eigenvalue weighted by Crippen LogP contribution is 2.26. The minimum Gasteiger partial charge on any atom is -0.348 e. The smallest absolute Gasteiger partial charge is 0.244 e. The van der Waals surface area contributed by atoms with Crippen molar-refractivity contribution >= 4 is 21.6 Å². The van der Waals surface area contributed by atoms with Crippen LogP contribution in [0.5, 0.6) is 0 Å². The zero-order valence-corrected chi connectivity index (χ0v) is 17.7. The van der Waals surface area contributed by atoms with Crippen molar-refractivity contribution in [2.45, 2.75) is 46.2 Å². The van der Waals surface area contributed by atoms with E-state index in [0.717, 1.165) is 27.3 Å². The van der Waals surface area contributed by atoms with Crippen molar-refractivity contribution in [2.24, 2.45) is 0 Å². The molecule has 152 valence electrons. The molecule has 0 spiro atoms. The van der Waals surface area contributed by atoms with E-state index < -0.39 is 27.8 Å². The molecule has 0 heterocycles. The number of carbonyl (C=O) groups is 1. The number of rotatable bonds is 7. The van der Waals surface area contributed by atoms with Crippen LogP contribution >= 0.6 is 0 Å². The maximum absolute atomic E-state index is 14.3. The molecule has 0 aliphatic rings. The highest BCUT2D eigenvalue weighted by Gasteiger charge is 2.33. The molecule has 0 aliphatic heterocycles. The number of amides is 1. The van der Waals surface area contributed by atoms with E-state index in [4.69, 9.17) is 0 Å². The third-order valence-corrected chi connectivity index (χ3v) is 5.98. The zero-order chi connectivity index (χ0) is 21.1. The quantitative estimate of drug-likeness (QED) is 0.759. The van der Waals surface area contributed by atoms with Gasteiger partial charge in [0.1, 0.15) is 11.9 Å². The highest BCUT2D eigenvalue weighted by molar-refractivity contribution is 7.92. The Morgan fingerprint density at radius 2 is 1.79 bits per heavy atom. The molecule has 0 saturated heterocycles. The second-order valence-electron chi connectivity index (χ2n) is 7.01. The van der Waals surface area contributed by atoms with Gasteiger partial charge in [0, 0.05) is 0 Å². The number of nitrogens with one attached hydrogen (secondary N) is 1. The third-order valence-electron chi connectivity index (χ3n) is 4.81. The molecule has 2 rings (SSSR count). The topological polar surface area (TPSA) is 66.5 Å². The molecule has 7 heteroatoms. The first kappa shape index (κ1) is 21.9. The summed E-state index contributed by atoms with van der Waals surface area (Å²) in [5, 5.41) is 2.87. The van der Waals surface area contributed by atoms with Gasteiger partial charge in [0.05, 0.1) is 18.0 Å². The Labute approximate surface area is 166 Å². The Hall–Kier alpha value is -2.41. The van der Waals surface area contributed by atoms with Gasteiger partial charge in [-0.15, -0.1) is 0 Å². The van der Waals surface area contributed by atoms with Crippen molar-refractivity contribution in [1.82, 2.24) is 5.32 Å². The van der Waals surface area contributed by atoms with Gasteiger partial charge in [-0.3, -0.25) is 9.10 Å². The molecule has 5 nitrogen and oxygen atoms in total. The number of hydrogen-bond donors (Lipinski definition) is 1. The average Bonchev–Trinajstić information content (AvgIpc) is 2.61. The van der Waals surface area contributed by atoms with Gasteiger partial charge in [0.15, 0.2) is 0 Å². The van der Waals surface area contributed by atoms with Crippen LogP contribution in [-0.2, 0) is 14.8 Å². The molecule has 28 heavy (non-hydrogen) atoms. The minimum absolute atomic E-state index is 0.133. The average molecular weight is 407 g/mol. The Morgan fingerprint density at radius 1 is 1.14 bits per heavy atom. The third kappa shape index (κ3) is 4.90. The van der Waals surface area contributed by atoms with E-state index >= 15 is 0 Å². The standard InChI is InChI=1S/C21H27FN2O3S/c1-6-19(24(28(5,26)27)20-10-8-7-9-18(20)22)21(25)23-16(4)17-12-11-14(2)15(3)13-17/h7-13,16,19H,6H2,1-5H3,(H,23,25)/t16-,19-/m1/s1. The Morgan fingerprint density at radius 3 is 2.32 bits per heavy atom. The van der Waals surface area contributed by atoms with E-state index in [1.165, 1.54) is 18.2 Å². The van der Waals surface area contributed by atoms with Crippen LogP contribution in [0.3, 0.4) is 0 Å². The molecular formula is C21H27FN2O3S. The first-order valence-electron chi connectivity index (χ1n) is 9.17. The zero-order valence-electron chi connectivity index (χ0n) is 16.9. The predicted octanol–water partition coefficient (Wildman–Crippen LogP) is 3.86. The fourth-order valence-electron chi connectivity index (χ4n) is 3.09. The molecule has 0 aliphatic carbocycles. The van der Waals surface area contributed by atoms with Crippen LogP contribution in [-0.4, -0.2) is 26.6 Å². The predicted molar refractivity (Wildman–Crippen MR) is 110 cm³/mol. The minimum atomic E-state index is -3.88. The summed E-state index contributed by atoms with van der Waals surface area (Å²) in [5.74, 6) is -1.16. The number of carbonyl (C=O) groups excluding carboxylic acids is 1. The Balaban J connectivity index is 2.34. The molecule has 0 radical (unpaired) electrons. The van der Waals surface area contributed by atoms with E-state index in [0.29, 0.717) is 0 Å². The molecule has 2 aromatic carbocycles. The first-order chi connectivity index (χ1) is 13.1. The largest absolute Gasteiger partial charge is 0.348 e. The van der Waals surface area contributed by atoms with Crippen molar-refractivity contribution in [3.8, 4) is 0 Å². The molecule has 0 bridgehead atoms. The van der Waals surface area contributed by atoms with Gasteiger partial charge >= 0.3 is 0 Å². The van der Waals surface area contributed by atoms with E-state index in [1.54, 1.807) is 13.0 Å². The summed E-state index contributed by atoms with van der Waals surface area (Å²) in [5.41, 5.74) is 3.04. The highest BCUT2D eigenvalue weighted by atomic mass is 32.2. The summed E-state index contributed by atoms with van der Waals surface area (Å²) < 4.78 is 40.0. The van der Waals surface area contributed by atoms with Crippen LogP contribution in [0.2, 0.25) is 0 Å². The Kier molecular flexibility index (Phi) is 6.82. The monoisotopic (exact) mass is 406 g/mol. The van der Waals surface area contributed by atoms with Crippen LogP contribution < -0.4 is 9.62 Å². The first-order valence-corrected chi connectivity index (χ1v) is 11.0. The van der Waals surface area contributed by atoms with Crippen LogP contribution in [0, 0.1) is 19.7 Å². The van der Waals surface area contributed by atoms with Gasteiger partial charge < -0.3 is 5.32 Å². The molecular weight excluding hydrogens is 379 g/mol. The van der Waals surface area contributed by atoms with E-state index in [-0.39, 0.29) is 18.2 Å². The van der Waals surface area contributed by atoms with Gasteiger partial charge in [-0.2, -0.15) is 0 Å². The lowest BCUT2D eigenvalue weighted by Gasteiger charge is -2.31. The Bertz CT molecular complexity index is 960. The number of halogens is 1. The number of aryl methyl sites for hydroxylation is 2. The lowest BCUT2D eigenvalue weighted by Crippen LogP contribution is -2.50. The molecule has 1 amide bonds. The number of benzene rings is 2. The van der Waals surface area contributed by atoms with Crippen molar-refractivity contribution in [3.63, 3.8) is 0 Å². The normalized spacial score (nSPS) is 13.6. The van der Waals surface area contributed by atoms with E-state index in [2.05, 4.69) is 5.32 Å². The summed E-state index contributed by atoms with van der Waals surface area (Å²) >= 11 is 0. The number of hydrogen-bond acceptors (Lipinski definition) is 3. The van der Waals surface area contributed by atoms with Gasteiger partial charge in [0.25, 0.3) is 0 Å². The lowest BCUT2D eigenvalue weighted by molar-refractivity contribution is -0.122. The summed E-state index contributed by atoms with van der Waals surface area (Å²) in [6, 6.07) is 10.1. The maximum atomic E-state index is 14.3. The summed E-state index contributed by atoms with van der Waals surface area (Å²) in [4.78, 5) is 12.9. The van der Waals surface area contributed by atoms with Gasteiger partial charge in [-0.1, -0.05) is 37.3 Å². The molecule has 0 aromatic heterocycles. The number of nitrogens with zero attached hydrogens (tertiary/aromatic N) is 1. The number of sulfonamides is 1. The SMILES string of the molecule is CC[C@H](C(=O)N[C@H](C)c1ccc(C)c(C)c1)N(c1ccccc1F)S(C)(=O)=O. The fraction of sp³-hybridized carbons (Fsp3) is 0.381.